The molecule has 0 aliphatic rings. The Labute approximate surface area is 60.1 Å². The highest BCUT2D eigenvalue weighted by Gasteiger charge is 1.92. The molecule has 3 heteroatoms. The maximum absolute atomic E-state index is 10.4. The third-order valence-corrected chi connectivity index (χ3v) is 0.793. The number of carbonyl (C=O) groups excluding carboxylic acids is 2. The largest absolute Gasteiger partial charge is 0.330 e. The van der Waals surface area contributed by atoms with E-state index >= 15 is 0 Å². The summed E-state index contributed by atoms with van der Waals surface area (Å²) in [5, 5.41) is 2.48. The quantitative estimate of drug-likeness (QED) is 0.573. The molecule has 0 aliphatic carbocycles. The zero-order valence-corrected chi connectivity index (χ0v) is 6.39. The lowest BCUT2D eigenvalue weighted by atomic mass is 10.3. The van der Waals surface area contributed by atoms with Crippen LogP contribution in [0.4, 0.5) is 0 Å². The van der Waals surface area contributed by atoms with Gasteiger partial charge < -0.3 is 5.32 Å². The summed E-state index contributed by atoms with van der Waals surface area (Å²) >= 11 is 0. The highest BCUT2D eigenvalue weighted by molar-refractivity contribution is 5.88. The van der Waals surface area contributed by atoms with Crippen molar-refractivity contribution in [3.8, 4) is 0 Å². The van der Waals surface area contributed by atoms with E-state index in [-0.39, 0.29) is 11.7 Å². The molecule has 1 N–H and O–H groups in total. The van der Waals surface area contributed by atoms with Gasteiger partial charge in [0.15, 0.2) is 5.78 Å². The van der Waals surface area contributed by atoms with E-state index < -0.39 is 0 Å². The Morgan fingerprint density at radius 1 is 1.20 bits per heavy atom. The second-order valence-corrected chi connectivity index (χ2v) is 2.12. The number of hydrogen-bond acceptors (Lipinski definition) is 2. The molecule has 0 aromatic rings. The number of ketones is 1. The lowest BCUT2D eigenvalue weighted by Crippen LogP contribution is -2.17. The van der Waals surface area contributed by atoms with Gasteiger partial charge in [-0.05, 0) is 19.9 Å². The van der Waals surface area contributed by atoms with Crippen molar-refractivity contribution in [3.05, 3.63) is 11.8 Å². The van der Waals surface area contributed by atoms with Crippen LogP contribution in [0.5, 0.6) is 0 Å². The first-order valence-corrected chi connectivity index (χ1v) is 2.99. The van der Waals surface area contributed by atoms with Gasteiger partial charge in [0.1, 0.15) is 0 Å². The van der Waals surface area contributed by atoms with Crippen molar-refractivity contribution in [3.63, 3.8) is 0 Å². The lowest BCUT2D eigenvalue weighted by molar-refractivity contribution is -0.118. The zero-order chi connectivity index (χ0) is 8.15. The molecule has 0 bridgehead atoms. The average molecular weight is 141 g/mol. The minimum atomic E-state index is -0.157. The van der Waals surface area contributed by atoms with Gasteiger partial charge in [0, 0.05) is 12.6 Å². The smallest absolute Gasteiger partial charge is 0.220 e. The normalized spacial score (nSPS) is 10.9. The van der Waals surface area contributed by atoms with E-state index in [1.807, 2.05) is 0 Å². The summed E-state index contributed by atoms with van der Waals surface area (Å²) in [5.74, 6) is -0.221. The Hall–Kier alpha value is -1.12. The third kappa shape index (κ3) is 5.03. The van der Waals surface area contributed by atoms with Gasteiger partial charge in [0.2, 0.25) is 5.91 Å². The highest BCUT2D eigenvalue weighted by Crippen LogP contribution is 1.85. The molecule has 0 fully saturated rings. The summed E-state index contributed by atoms with van der Waals surface area (Å²) in [4.78, 5) is 20.8. The van der Waals surface area contributed by atoms with Gasteiger partial charge in [-0.15, -0.1) is 0 Å². The molecular formula is C7H11NO2. The minimum Gasteiger partial charge on any atom is -0.330 e. The molecule has 0 aromatic carbocycles. The van der Waals surface area contributed by atoms with Gasteiger partial charge >= 0.3 is 0 Å². The molecule has 0 aliphatic heterocycles. The van der Waals surface area contributed by atoms with Crippen molar-refractivity contribution in [2.45, 2.75) is 20.8 Å². The molecule has 0 saturated carbocycles. The molecule has 1 amide bonds. The molecule has 0 heterocycles. The molecule has 0 atom stereocenters. The van der Waals surface area contributed by atoms with Gasteiger partial charge in [-0.3, -0.25) is 9.59 Å². The third-order valence-electron chi connectivity index (χ3n) is 0.793. The zero-order valence-electron chi connectivity index (χ0n) is 6.39. The number of nitrogens with one attached hydrogen (secondary N) is 1. The fourth-order valence-corrected chi connectivity index (χ4v) is 0.619. The number of rotatable bonds is 2. The molecule has 3 nitrogen and oxygen atoms in total. The Kier molecular flexibility index (Phi) is 3.39. The van der Waals surface area contributed by atoms with E-state index in [0.717, 1.165) is 0 Å². The predicted octanol–water partition coefficient (Wildman–Crippen LogP) is 0.615. The average Bonchev–Trinajstić information content (AvgIpc) is 1.58. The van der Waals surface area contributed by atoms with Gasteiger partial charge in [-0.1, -0.05) is 0 Å². The van der Waals surface area contributed by atoms with Crippen LogP contribution in [-0.2, 0) is 9.59 Å². The van der Waals surface area contributed by atoms with Crippen LogP contribution in [-0.4, -0.2) is 11.7 Å². The molecule has 0 rings (SSSR count). The van der Waals surface area contributed by atoms with Gasteiger partial charge in [-0.2, -0.15) is 0 Å². The predicted molar refractivity (Wildman–Crippen MR) is 38.3 cm³/mol. The lowest BCUT2D eigenvalue weighted by Gasteiger charge is -1.97. The van der Waals surface area contributed by atoms with Crippen molar-refractivity contribution in [2.24, 2.45) is 0 Å². The molecular weight excluding hydrogens is 130 g/mol. The Morgan fingerprint density at radius 3 is 2.00 bits per heavy atom. The van der Waals surface area contributed by atoms with Crippen LogP contribution in [0.15, 0.2) is 11.8 Å². The van der Waals surface area contributed by atoms with E-state index in [1.54, 1.807) is 6.92 Å². The first-order chi connectivity index (χ1) is 4.52. The SMILES string of the molecule is CC(=O)C=C(C)NC(C)=O. The molecule has 0 spiro atoms. The number of hydrogen-bond donors (Lipinski definition) is 1. The van der Waals surface area contributed by atoms with Crippen LogP contribution < -0.4 is 5.32 Å². The summed E-state index contributed by atoms with van der Waals surface area (Å²) in [5.41, 5.74) is 0.583. The Morgan fingerprint density at radius 2 is 1.70 bits per heavy atom. The first kappa shape index (κ1) is 8.88. The molecule has 0 unspecified atom stereocenters. The highest BCUT2D eigenvalue weighted by atomic mass is 16.1. The van der Waals surface area contributed by atoms with E-state index in [9.17, 15) is 9.59 Å². The summed E-state index contributed by atoms with van der Waals surface area (Å²) in [7, 11) is 0. The van der Waals surface area contributed by atoms with E-state index in [0.29, 0.717) is 5.70 Å². The first-order valence-electron chi connectivity index (χ1n) is 2.99. The second-order valence-electron chi connectivity index (χ2n) is 2.12. The maximum atomic E-state index is 10.4. The van der Waals surface area contributed by atoms with Crippen LogP contribution in [0.25, 0.3) is 0 Å². The van der Waals surface area contributed by atoms with E-state index in [2.05, 4.69) is 5.32 Å². The van der Waals surface area contributed by atoms with Gasteiger partial charge in [-0.25, -0.2) is 0 Å². The molecule has 56 valence electrons. The van der Waals surface area contributed by atoms with Crippen LogP contribution in [0, 0.1) is 0 Å². The summed E-state index contributed by atoms with van der Waals surface area (Å²) in [6.07, 6.45) is 1.38. The van der Waals surface area contributed by atoms with Crippen molar-refractivity contribution >= 4 is 11.7 Å². The van der Waals surface area contributed by atoms with Crippen LogP contribution in [0.3, 0.4) is 0 Å². The van der Waals surface area contributed by atoms with Crippen molar-refractivity contribution in [1.82, 2.24) is 5.32 Å². The number of amides is 1. The van der Waals surface area contributed by atoms with Crippen LogP contribution in [0.2, 0.25) is 0 Å². The standard InChI is InChI=1S/C7H11NO2/c1-5(4-6(2)9)8-7(3)10/h4H,1-3H3,(H,8,10). The van der Waals surface area contributed by atoms with Crippen molar-refractivity contribution < 1.29 is 9.59 Å². The van der Waals surface area contributed by atoms with Gasteiger partial charge in [0.05, 0.1) is 0 Å². The van der Waals surface area contributed by atoms with Crippen molar-refractivity contribution in [2.75, 3.05) is 0 Å². The second kappa shape index (κ2) is 3.82. The Balaban J connectivity index is 3.95. The Bertz CT molecular complexity index is 182. The van der Waals surface area contributed by atoms with Crippen LogP contribution in [0.1, 0.15) is 20.8 Å². The minimum absolute atomic E-state index is 0.0637. The topological polar surface area (TPSA) is 46.2 Å². The van der Waals surface area contributed by atoms with Crippen LogP contribution >= 0.6 is 0 Å². The number of allylic oxidation sites excluding steroid dienone is 2. The molecule has 0 aromatic heterocycles. The number of carbonyl (C=O) groups is 2. The molecule has 0 saturated heterocycles. The van der Waals surface area contributed by atoms with Crippen molar-refractivity contribution in [1.29, 1.82) is 0 Å². The fraction of sp³-hybridized carbons (Fsp3) is 0.429. The maximum Gasteiger partial charge on any atom is 0.220 e. The monoisotopic (exact) mass is 141 g/mol. The van der Waals surface area contributed by atoms with Gasteiger partial charge in [0.25, 0.3) is 0 Å². The van der Waals surface area contributed by atoms with E-state index in [4.69, 9.17) is 0 Å². The van der Waals surface area contributed by atoms with E-state index in [1.165, 1.54) is 19.9 Å². The summed E-state index contributed by atoms with van der Waals surface area (Å²) < 4.78 is 0. The fourth-order valence-electron chi connectivity index (χ4n) is 0.619. The summed E-state index contributed by atoms with van der Waals surface area (Å²) in [6.45, 7) is 4.51. The molecule has 10 heavy (non-hydrogen) atoms. The summed E-state index contributed by atoms with van der Waals surface area (Å²) in [6, 6.07) is 0. The molecule has 0 radical (unpaired) electrons.